The van der Waals surface area contributed by atoms with E-state index in [1.165, 1.54) is 0 Å². The van der Waals surface area contributed by atoms with E-state index in [1.807, 2.05) is 31.4 Å². The molecular formula is C10H14O2S. The van der Waals surface area contributed by atoms with Crippen LogP contribution in [0.15, 0.2) is 17.5 Å². The van der Waals surface area contributed by atoms with E-state index in [9.17, 15) is 4.79 Å². The molecule has 0 aliphatic heterocycles. The van der Waals surface area contributed by atoms with Gasteiger partial charge >= 0.3 is 5.97 Å². The van der Waals surface area contributed by atoms with Gasteiger partial charge in [0.05, 0.1) is 0 Å². The first kappa shape index (κ1) is 10.3. The van der Waals surface area contributed by atoms with Crippen molar-refractivity contribution in [2.75, 3.05) is 0 Å². The fourth-order valence-electron chi connectivity index (χ4n) is 0.939. The Kier molecular flexibility index (Phi) is 3.96. The molecule has 0 unspecified atom stereocenters. The van der Waals surface area contributed by atoms with Crippen molar-refractivity contribution in [1.82, 2.24) is 0 Å². The Morgan fingerprint density at radius 3 is 2.92 bits per heavy atom. The van der Waals surface area contributed by atoms with Crippen LogP contribution in [-0.2, 0) is 16.1 Å². The van der Waals surface area contributed by atoms with Crippen molar-refractivity contribution in [3.8, 4) is 0 Å². The molecule has 0 N–H and O–H groups in total. The summed E-state index contributed by atoms with van der Waals surface area (Å²) in [6.07, 6.45) is 0.505. The van der Waals surface area contributed by atoms with Gasteiger partial charge in [-0.3, -0.25) is 4.79 Å². The lowest BCUT2D eigenvalue weighted by atomic mass is 10.1. The molecule has 0 bridgehead atoms. The van der Waals surface area contributed by atoms with E-state index in [1.54, 1.807) is 11.3 Å². The minimum absolute atomic E-state index is 0.108. The molecule has 0 radical (unpaired) electrons. The summed E-state index contributed by atoms with van der Waals surface area (Å²) in [5, 5.41) is 1.98. The Labute approximate surface area is 82.5 Å². The summed E-state index contributed by atoms with van der Waals surface area (Å²) in [5.41, 5.74) is 0. The fourth-order valence-corrected chi connectivity index (χ4v) is 1.55. The molecule has 0 saturated heterocycles. The molecule has 0 aromatic carbocycles. The van der Waals surface area contributed by atoms with Crippen LogP contribution < -0.4 is 0 Å². The number of ether oxygens (including phenoxy) is 1. The molecular weight excluding hydrogens is 184 g/mol. The van der Waals surface area contributed by atoms with E-state index >= 15 is 0 Å². The van der Waals surface area contributed by atoms with Crippen LogP contribution in [0, 0.1) is 5.92 Å². The Bertz CT molecular complexity index is 252. The standard InChI is InChI=1S/C10H14O2S/c1-8(2)6-10(11)12-7-9-4-3-5-13-9/h3-5,8H,6-7H2,1-2H3. The van der Waals surface area contributed by atoms with Crippen LogP contribution in [-0.4, -0.2) is 5.97 Å². The van der Waals surface area contributed by atoms with Gasteiger partial charge in [-0.25, -0.2) is 0 Å². The lowest BCUT2D eigenvalue weighted by Crippen LogP contribution is -2.06. The summed E-state index contributed by atoms with van der Waals surface area (Å²) >= 11 is 1.61. The molecule has 0 aliphatic rings. The topological polar surface area (TPSA) is 26.3 Å². The van der Waals surface area contributed by atoms with Crippen LogP contribution in [0.1, 0.15) is 25.1 Å². The molecule has 72 valence electrons. The second kappa shape index (κ2) is 5.02. The minimum atomic E-state index is -0.108. The SMILES string of the molecule is CC(C)CC(=O)OCc1cccs1. The first-order valence-electron chi connectivity index (χ1n) is 4.36. The number of carbonyl (C=O) groups is 1. The van der Waals surface area contributed by atoms with E-state index in [2.05, 4.69) is 0 Å². The second-order valence-electron chi connectivity index (χ2n) is 3.34. The van der Waals surface area contributed by atoms with Gasteiger partial charge in [-0.15, -0.1) is 11.3 Å². The Morgan fingerprint density at radius 2 is 2.38 bits per heavy atom. The minimum Gasteiger partial charge on any atom is -0.460 e. The number of rotatable bonds is 4. The highest BCUT2D eigenvalue weighted by atomic mass is 32.1. The summed E-state index contributed by atoms with van der Waals surface area (Å²) in [6, 6.07) is 3.92. The molecule has 0 amide bonds. The average molecular weight is 198 g/mol. The van der Waals surface area contributed by atoms with Crippen LogP contribution in [0.5, 0.6) is 0 Å². The number of thiophene rings is 1. The average Bonchev–Trinajstić information content (AvgIpc) is 2.51. The normalized spacial score (nSPS) is 10.4. The molecule has 1 aromatic heterocycles. The third-order valence-corrected chi connectivity index (χ3v) is 2.38. The summed E-state index contributed by atoms with van der Waals surface area (Å²) in [6.45, 7) is 4.43. The highest BCUT2D eigenvalue weighted by molar-refractivity contribution is 7.09. The van der Waals surface area contributed by atoms with Crippen LogP contribution >= 0.6 is 11.3 Å². The van der Waals surface area contributed by atoms with E-state index in [0.29, 0.717) is 18.9 Å². The Hall–Kier alpha value is -0.830. The Balaban J connectivity index is 2.23. The maximum Gasteiger partial charge on any atom is 0.306 e. The molecule has 1 heterocycles. The van der Waals surface area contributed by atoms with Crippen LogP contribution in [0.2, 0.25) is 0 Å². The van der Waals surface area contributed by atoms with Crippen molar-refractivity contribution in [1.29, 1.82) is 0 Å². The molecule has 0 saturated carbocycles. The number of carbonyl (C=O) groups excluding carboxylic acids is 1. The molecule has 1 rings (SSSR count). The van der Waals surface area contributed by atoms with Crippen LogP contribution in [0.4, 0.5) is 0 Å². The molecule has 0 aliphatic carbocycles. The van der Waals surface area contributed by atoms with E-state index < -0.39 is 0 Å². The quantitative estimate of drug-likeness (QED) is 0.695. The van der Waals surface area contributed by atoms with Gasteiger partial charge < -0.3 is 4.74 Å². The van der Waals surface area contributed by atoms with Crippen LogP contribution in [0.25, 0.3) is 0 Å². The molecule has 0 fully saturated rings. The van der Waals surface area contributed by atoms with Crippen molar-refractivity contribution >= 4 is 17.3 Å². The van der Waals surface area contributed by atoms with E-state index in [4.69, 9.17) is 4.74 Å². The predicted molar refractivity (Wildman–Crippen MR) is 53.6 cm³/mol. The lowest BCUT2D eigenvalue weighted by molar-refractivity contribution is -0.145. The first-order valence-corrected chi connectivity index (χ1v) is 5.24. The van der Waals surface area contributed by atoms with Gasteiger partial charge in [-0.05, 0) is 17.4 Å². The third-order valence-electron chi connectivity index (χ3n) is 1.53. The highest BCUT2D eigenvalue weighted by Crippen LogP contribution is 2.10. The van der Waals surface area contributed by atoms with Gasteiger partial charge in [0.1, 0.15) is 6.61 Å². The van der Waals surface area contributed by atoms with Gasteiger partial charge in [0, 0.05) is 11.3 Å². The number of hydrogen-bond acceptors (Lipinski definition) is 3. The van der Waals surface area contributed by atoms with E-state index in [-0.39, 0.29) is 5.97 Å². The molecule has 1 aromatic rings. The smallest absolute Gasteiger partial charge is 0.306 e. The zero-order chi connectivity index (χ0) is 9.68. The fraction of sp³-hybridized carbons (Fsp3) is 0.500. The molecule has 13 heavy (non-hydrogen) atoms. The molecule has 0 atom stereocenters. The number of hydrogen-bond donors (Lipinski definition) is 0. The van der Waals surface area contributed by atoms with Crippen molar-refractivity contribution in [3.63, 3.8) is 0 Å². The highest BCUT2D eigenvalue weighted by Gasteiger charge is 2.06. The monoisotopic (exact) mass is 198 g/mol. The van der Waals surface area contributed by atoms with Crippen molar-refractivity contribution in [2.45, 2.75) is 26.9 Å². The summed E-state index contributed by atoms with van der Waals surface area (Å²) in [4.78, 5) is 12.2. The van der Waals surface area contributed by atoms with Gasteiger partial charge in [-0.2, -0.15) is 0 Å². The lowest BCUT2D eigenvalue weighted by Gasteiger charge is -2.04. The zero-order valence-electron chi connectivity index (χ0n) is 7.95. The summed E-state index contributed by atoms with van der Waals surface area (Å²) in [5.74, 6) is 0.263. The second-order valence-corrected chi connectivity index (χ2v) is 4.37. The summed E-state index contributed by atoms with van der Waals surface area (Å²) < 4.78 is 5.07. The summed E-state index contributed by atoms with van der Waals surface area (Å²) in [7, 11) is 0. The zero-order valence-corrected chi connectivity index (χ0v) is 8.76. The van der Waals surface area contributed by atoms with E-state index in [0.717, 1.165) is 4.88 Å². The van der Waals surface area contributed by atoms with Gasteiger partial charge in [0.2, 0.25) is 0 Å². The maximum atomic E-state index is 11.1. The van der Waals surface area contributed by atoms with Gasteiger partial charge in [-0.1, -0.05) is 19.9 Å². The molecule has 3 heteroatoms. The van der Waals surface area contributed by atoms with Crippen molar-refractivity contribution in [3.05, 3.63) is 22.4 Å². The van der Waals surface area contributed by atoms with Gasteiger partial charge in [0.15, 0.2) is 0 Å². The third kappa shape index (κ3) is 4.08. The Morgan fingerprint density at radius 1 is 1.62 bits per heavy atom. The largest absolute Gasteiger partial charge is 0.460 e. The maximum absolute atomic E-state index is 11.1. The van der Waals surface area contributed by atoms with Crippen LogP contribution in [0.3, 0.4) is 0 Å². The predicted octanol–water partition coefficient (Wildman–Crippen LogP) is 2.84. The molecule has 0 spiro atoms. The van der Waals surface area contributed by atoms with Gasteiger partial charge in [0.25, 0.3) is 0 Å². The first-order chi connectivity index (χ1) is 6.18. The van der Waals surface area contributed by atoms with Crippen molar-refractivity contribution < 1.29 is 9.53 Å². The number of esters is 1. The molecule has 2 nitrogen and oxygen atoms in total. The van der Waals surface area contributed by atoms with Crippen molar-refractivity contribution in [2.24, 2.45) is 5.92 Å².